The van der Waals surface area contributed by atoms with Crippen LogP contribution in [0.3, 0.4) is 0 Å². The molecular formula is C28H22ClN5O3S. The highest BCUT2D eigenvalue weighted by Gasteiger charge is 2.18. The van der Waals surface area contributed by atoms with Crippen LogP contribution in [0.25, 0.3) is 28.4 Å². The van der Waals surface area contributed by atoms with Crippen molar-refractivity contribution in [2.75, 3.05) is 0 Å². The van der Waals surface area contributed by atoms with Crippen molar-refractivity contribution in [3.63, 3.8) is 0 Å². The first-order valence-electron chi connectivity index (χ1n) is 11.6. The van der Waals surface area contributed by atoms with Crippen LogP contribution in [-0.2, 0) is 16.6 Å². The number of sulfonamides is 1. The van der Waals surface area contributed by atoms with Crippen LogP contribution in [-0.4, -0.2) is 33.8 Å². The Morgan fingerprint density at radius 1 is 0.974 bits per heavy atom. The van der Waals surface area contributed by atoms with Crippen LogP contribution in [0.5, 0.6) is 0 Å². The summed E-state index contributed by atoms with van der Waals surface area (Å²) in [7, 11) is -4.05. The molecule has 0 unspecified atom stereocenters. The third-order valence-corrected chi connectivity index (χ3v) is 7.20. The summed E-state index contributed by atoms with van der Waals surface area (Å²) in [5.41, 5.74) is 4.53. The predicted molar refractivity (Wildman–Crippen MR) is 148 cm³/mol. The third kappa shape index (κ3) is 5.64. The number of aryl methyl sites for hydroxylation is 1. The van der Waals surface area contributed by atoms with E-state index in [0.29, 0.717) is 34.1 Å². The number of fused-ring (bicyclic) bond motifs is 1. The second kappa shape index (κ2) is 10.6. The molecule has 0 aliphatic carbocycles. The fraction of sp³-hybridized carbons (Fsp3) is 0.0714. The van der Waals surface area contributed by atoms with Gasteiger partial charge in [-0.05, 0) is 65.6 Å². The Bertz CT molecular complexity index is 1770. The van der Waals surface area contributed by atoms with Crippen molar-refractivity contribution in [3.05, 3.63) is 118 Å². The summed E-state index contributed by atoms with van der Waals surface area (Å²) in [6.07, 6.45) is 4.46. The number of nitrogens with zero attached hydrogens (tertiary/aromatic N) is 4. The molecule has 0 aliphatic rings. The molecule has 5 aromatic rings. The Hall–Kier alpha value is -4.34. The average Bonchev–Trinajstić information content (AvgIpc) is 3.23. The van der Waals surface area contributed by atoms with Crippen molar-refractivity contribution in [3.8, 4) is 11.1 Å². The molecule has 3 heterocycles. The molecule has 5 rings (SSSR count). The number of halogens is 1. The number of benzene rings is 2. The van der Waals surface area contributed by atoms with E-state index < -0.39 is 15.9 Å². The molecule has 2 aromatic carbocycles. The minimum Gasteiger partial charge on any atom is -0.308 e. The molecule has 1 amide bonds. The normalized spacial score (nSPS) is 11.7. The Morgan fingerprint density at radius 3 is 2.47 bits per heavy atom. The molecule has 0 radical (unpaired) electrons. The van der Waals surface area contributed by atoms with Crippen LogP contribution in [0.4, 0.5) is 0 Å². The zero-order valence-corrected chi connectivity index (χ0v) is 21.8. The van der Waals surface area contributed by atoms with E-state index in [1.165, 1.54) is 12.1 Å². The molecule has 3 aromatic heterocycles. The molecule has 0 bridgehead atoms. The van der Waals surface area contributed by atoms with Crippen molar-refractivity contribution >= 4 is 44.8 Å². The zero-order chi connectivity index (χ0) is 26.7. The van der Waals surface area contributed by atoms with Crippen LogP contribution in [0.15, 0.2) is 90.6 Å². The lowest BCUT2D eigenvalue weighted by atomic mass is 10.0. The minimum atomic E-state index is -4.05. The summed E-state index contributed by atoms with van der Waals surface area (Å²) >= 11 is 6.63. The molecule has 10 heteroatoms. The first-order valence-corrected chi connectivity index (χ1v) is 13.5. The number of carbonyl (C=O) groups excluding carboxylic acids is 1. The summed E-state index contributed by atoms with van der Waals surface area (Å²) in [5, 5.41) is 1.52. The monoisotopic (exact) mass is 543 g/mol. The van der Waals surface area contributed by atoms with E-state index in [4.69, 9.17) is 11.6 Å². The highest BCUT2D eigenvalue weighted by atomic mass is 35.5. The quantitative estimate of drug-likeness (QED) is 0.301. The zero-order valence-electron chi connectivity index (χ0n) is 20.2. The lowest BCUT2D eigenvalue weighted by molar-refractivity contribution is 0.0977. The molecular weight excluding hydrogens is 522 g/mol. The van der Waals surface area contributed by atoms with Crippen LogP contribution in [0, 0.1) is 6.92 Å². The largest absolute Gasteiger partial charge is 0.308 e. The Balaban J connectivity index is 1.39. The van der Waals surface area contributed by atoms with Gasteiger partial charge in [0.05, 0.1) is 12.0 Å². The van der Waals surface area contributed by atoms with Gasteiger partial charge in [0.1, 0.15) is 17.0 Å². The lowest BCUT2D eigenvalue weighted by Gasteiger charge is -2.11. The van der Waals surface area contributed by atoms with E-state index in [0.717, 1.165) is 22.1 Å². The van der Waals surface area contributed by atoms with E-state index in [1.807, 2.05) is 64.7 Å². The van der Waals surface area contributed by atoms with Gasteiger partial charge < -0.3 is 4.57 Å². The first-order chi connectivity index (χ1) is 18.3. The minimum absolute atomic E-state index is 0.0509. The van der Waals surface area contributed by atoms with Crippen LogP contribution in [0.1, 0.15) is 27.4 Å². The molecule has 0 saturated carbocycles. The van der Waals surface area contributed by atoms with Crippen LogP contribution < -0.4 is 4.72 Å². The number of carbonyl (C=O) groups is 1. The predicted octanol–water partition coefficient (Wildman–Crippen LogP) is 5.23. The van der Waals surface area contributed by atoms with Gasteiger partial charge in [-0.15, -0.1) is 0 Å². The molecule has 0 fully saturated rings. The number of nitrogens with one attached hydrogen (secondary N) is 1. The van der Waals surface area contributed by atoms with Gasteiger partial charge in [0.15, 0.2) is 5.65 Å². The lowest BCUT2D eigenvalue weighted by Crippen LogP contribution is -2.29. The van der Waals surface area contributed by atoms with E-state index in [1.54, 1.807) is 30.6 Å². The van der Waals surface area contributed by atoms with E-state index in [2.05, 4.69) is 15.0 Å². The number of aromatic nitrogens is 4. The van der Waals surface area contributed by atoms with Gasteiger partial charge in [0.2, 0.25) is 0 Å². The summed E-state index contributed by atoms with van der Waals surface area (Å²) < 4.78 is 28.7. The highest BCUT2D eigenvalue weighted by Crippen LogP contribution is 2.27. The van der Waals surface area contributed by atoms with Gasteiger partial charge in [-0.25, -0.2) is 23.1 Å². The molecule has 0 spiro atoms. The molecule has 8 nitrogen and oxygen atoms in total. The number of hydrogen-bond acceptors (Lipinski definition) is 6. The number of pyridine rings is 2. The standard InChI is InChI=1S/C28H22ClN5O3S/c1-19-31-25-9-10-26(28(35)33-38(36,37)16-13-20-11-14-30-15-12-20)32-27(25)34(19)18-23-8-7-22(17-24(23)29)21-5-3-2-4-6-21/h2-17H,18H2,1H3,(H,33,35). The van der Waals surface area contributed by atoms with Gasteiger partial charge in [0.25, 0.3) is 15.9 Å². The van der Waals surface area contributed by atoms with Crippen molar-refractivity contribution in [1.82, 2.24) is 24.2 Å². The van der Waals surface area contributed by atoms with Gasteiger partial charge in [-0.3, -0.25) is 9.78 Å². The van der Waals surface area contributed by atoms with Crippen LogP contribution in [0.2, 0.25) is 5.02 Å². The van der Waals surface area contributed by atoms with Gasteiger partial charge in [-0.1, -0.05) is 54.1 Å². The molecule has 0 aliphatic heterocycles. The molecule has 190 valence electrons. The summed E-state index contributed by atoms with van der Waals surface area (Å²) in [6, 6.07) is 22.2. The fourth-order valence-electron chi connectivity index (χ4n) is 3.94. The second-order valence-electron chi connectivity index (χ2n) is 8.52. The summed E-state index contributed by atoms with van der Waals surface area (Å²) in [5.74, 6) is -0.164. The van der Waals surface area contributed by atoms with E-state index in [-0.39, 0.29) is 5.69 Å². The average molecular weight is 544 g/mol. The van der Waals surface area contributed by atoms with Crippen LogP contribution >= 0.6 is 11.6 Å². The van der Waals surface area contributed by atoms with Crippen molar-refractivity contribution < 1.29 is 13.2 Å². The summed E-state index contributed by atoms with van der Waals surface area (Å²) in [4.78, 5) is 25.6. The molecule has 38 heavy (non-hydrogen) atoms. The second-order valence-corrected chi connectivity index (χ2v) is 10.5. The van der Waals surface area contributed by atoms with Gasteiger partial charge in [0, 0.05) is 17.4 Å². The number of imidazole rings is 1. The number of rotatable bonds is 7. The maximum Gasteiger partial charge on any atom is 0.283 e. The number of amides is 1. The Labute approximate surface area is 224 Å². The van der Waals surface area contributed by atoms with Crippen molar-refractivity contribution in [2.45, 2.75) is 13.5 Å². The van der Waals surface area contributed by atoms with Crippen molar-refractivity contribution in [1.29, 1.82) is 0 Å². The third-order valence-electron chi connectivity index (χ3n) is 5.89. The van der Waals surface area contributed by atoms with Gasteiger partial charge >= 0.3 is 0 Å². The van der Waals surface area contributed by atoms with E-state index in [9.17, 15) is 13.2 Å². The van der Waals surface area contributed by atoms with E-state index >= 15 is 0 Å². The maximum absolute atomic E-state index is 12.8. The molecule has 0 saturated heterocycles. The molecule has 1 N–H and O–H groups in total. The van der Waals surface area contributed by atoms with Gasteiger partial charge in [-0.2, -0.15) is 0 Å². The Morgan fingerprint density at radius 2 is 1.74 bits per heavy atom. The van der Waals surface area contributed by atoms with Crippen molar-refractivity contribution in [2.24, 2.45) is 0 Å². The number of hydrogen-bond donors (Lipinski definition) is 1. The first kappa shape index (κ1) is 25.3. The maximum atomic E-state index is 12.8. The topological polar surface area (TPSA) is 107 Å². The fourth-order valence-corrected chi connectivity index (χ4v) is 4.95. The highest BCUT2D eigenvalue weighted by molar-refractivity contribution is 7.93. The smallest absolute Gasteiger partial charge is 0.283 e. The Kier molecular flexibility index (Phi) is 7.04. The molecule has 0 atom stereocenters. The summed E-state index contributed by atoms with van der Waals surface area (Å²) in [6.45, 7) is 2.21. The SMILES string of the molecule is Cc1nc2ccc(C(=O)NS(=O)(=O)C=Cc3ccncc3)nc2n1Cc1ccc(-c2ccccc2)cc1Cl.